The van der Waals surface area contributed by atoms with E-state index in [1.54, 1.807) is 31.2 Å². The maximum absolute atomic E-state index is 13.0. The fourth-order valence-electron chi connectivity index (χ4n) is 3.21. The highest BCUT2D eigenvalue weighted by Crippen LogP contribution is 2.33. The van der Waals surface area contributed by atoms with E-state index in [-0.39, 0.29) is 23.6 Å². The molecule has 0 saturated heterocycles. The number of ether oxygens (including phenoxy) is 2. The largest absolute Gasteiger partial charge is 0.492 e. The molecule has 0 fully saturated rings. The van der Waals surface area contributed by atoms with Crippen molar-refractivity contribution in [3.05, 3.63) is 59.8 Å². The van der Waals surface area contributed by atoms with Gasteiger partial charge < -0.3 is 14.8 Å². The van der Waals surface area contributed by atoms with Crippen LogP contribution in [0.25, 0.3) is 5.57 Å². The predicted octanol–water partition coefficient (Wildman–Crippen LogP) is 4.08. The van der Waals surface area contributed by atoms with Crippen LogP contribution in [0.15, 0.2) is 54.2 Å². The van der Waals surface area contributed by atoms with E-state index in [1.165, 1.54) is 4.90 Å². The Bertz CT molecular complexity index is 932. The highest BCUT2D eigenvalue weighted by atomic mass is 16.5. The summed E-state index contributed by atoms with van der Waals surface area (Å²) in [4.78, 5) is 27.1. The number of hydrogen-bond donors (Lipinski definition) is 1. The molecule has 1 N–H and O–H groups in total. The molecule has 2 aromatic rings. The summed E-state index contributed by atoms with van der Waals surface area (Å²) in [6.45, 7) is 8.37. The fourth-order valence-corrected chi connectivity index (χ4v) is 3.21. The monoisotopic (exact) mass is 394 g/mol. The third-order valence-corrected chi connectivity index (χ3v) is 4.45. The van der Waals surface area contributed by atoms with Crippen molar-refractivity contribution in [3.8, 4) is 11.5 Å². The maximum Gasteiger partial charge on any atom is 0.278 e. The van der Waals surface area contributed by atoms with Crippen LogP contribution in [-0.4, -0.2) is 36.0 Å². The van der Waals surface area contributed by atoms with Crippen LogP contribution in [0, 0.1) is 0 Å². The molecule has 0 saturated carbocycles. The van der Waals surface area contributed by atoms with Gasteiger partial charge in [-0.15, -0.1) is 0 Å². The molecular weight excluding hydrogens is 368 g/mol. The van der Waals surface area contributed by atoms with Gasteiger partial charge in [0.25, 0.3) is 11.8 Å². The lowest BCUT2D eigenvalue weighted by Gasteiger charge is -2.14. The number of anilines is 1. The number of carbonyl (C=O) groups is 2. The van der Waals surface area contributed by atoms with Crippen molar-refractivity contribution in [2.45, 2.75) is 33.8 Å². The van der Waals surface area contributed by atoms with Crippen LogP contribution < -0.4 is 14.8 Å². The molecule has 6 nitrogen and oxygen atoms in total. The lowest BCUT2D eigenvalue weighted by molar-refractivity contribution is -0.136. The Labute approximate surface area is 171 Å². The van der Waals surface area contributed by atoms with Crippen molar-refractivity contribution in [1.29, 1.82) is 0 Å². The minimum atomic E-state index is -0.346. The van der Waals surface area contributed by atoms with E-state index >= 15 is 0 Å². The second kappa shape index (κ2) is 8.82. The molecular formula is C23H26N2O4. The molecule has 6 heteroatoms. The predicted molar refractivity (Wildman–Crippen MR) is 113 cm³/mol. The zero-order valence-corrected chi connectivity index (χ0v) is 17.2. The number of para-hydroxylation sites is 2. The number of benzene rings is 2. The quantitative estimate of drug-likeness (QED) is 0.683. The molecule has 0 atom stereocenters. The summed E-state index contributed by atoms with van der Waals surface area (Å²) in [6, 6.07) is 14.6. The van der Waals surface area contributed by atoms with Crippen molar-refractivity contribution in [2.24, 2.45) is 0 Å². The van der Waals surface area contributed by atoms with Crippen molar-refractivity contribution >= 4 is 23.1 Å². The van der Waals surface area contributed by atoms with Gasteiger partial charge in [-0.3, -0.25) is 14.5 Å². The molecule has 2 amide bonds. The van der Waals surface area contributed by atoms with Gasteiger partial charge in [0.15, 0.2) is 0 Å². The van der Waals surface area contributed by atoms with E-state index in [0.29, 0.717) is 41.5 Å². The standard InChI is InChI=1S/C23H26N2O4/c1-5-25-22(26)20(16-11-13-17(14-12-16)29-15(3)4)21(23(25)27)24-18-9-7-8-10-19(18)28-6-2/h7-15,24H,5-6H2,1-4H3. The van der Waals surface area contributed by atoms with Crippen molar-refractivity contribution < 1.29 is 19.1 Å². The number of carbonyl (C=O) groups excluding carboxylic acids is 2. The first-order chi connectivity index (χ1) is 14.0. The van der Waals surface area contributed by atoms with Crippen LogP contribution in [0.5, 0.6) is 11.5 Å². The molecule has 3 rings (SSSR count). The van der Waals surface area contributed by atoms with Gasteiger partial charge in [0, 0.05) is 6.54 Å². The Morgan fingerprint density at radius 1 is 0.966 bits per heavy atom. The molecule has 0 unspecified atom stereocenters. The number of nitrogens with one attached hydrogen (secondary N) is 1. The topological polar surface area (TPSA) is 67.9 Å². The number of hydrogen-bond acceptors (Lipinski definition) is 5. The third kappa shape index (κ3) is 4.26. The van der Waals surface area contributed by atoms with Crippen molar-refractivity contribution in [2.75, 3.05) is 18.5 Å². The molecule has 1 aliphatic rings. The van der Waals surface area contributed by atoms with Gasteiger partial charge in [-0.05, 0) is 57.5 Å². The average Bonchev–Trinajstić information content (AvgIpc) is 2.93. The summed E-state index contributed by atoms with van der Waals surface area (Å²) < 4.78 is 11.3. The van der Waals surface area contributed by atoms with E-state index < -0.39 is 0 Å². The summed E-state index contributed by atoms with van der Waals surface area (Å²) >= 11 is 0. The molecule has 0 radical (unpaired) electrons. The summed E-state index contributed by atoms with van der Waals surface area (Å²) in [6.07, 6.45) is 0.0534. The van der Waals surface area contributed by atoms with E-state index in [2.05, 4.69) is 5.32 Å². The molecule has 152 valence electrons. The molecule has 0 bridgehead atoms. The lowest BCUT2D eigenvalue weighted by atomic mass is 10.0. The minimum absolute atomic E-state index is 0.0534. The molecule has 0 spiro atoms. The van der Waals surface area contributed by atoms with E-state index in [0.717, 1.165) is 0 Å². The molecule has 29 heavy (non-hydrogen) atoms. The fraction of sp³-hybridized carbons (Fsp3) is 0.304. The van der Waals surface area contributed by atoms with E-state index in [4.69, 9.17) is 9.47 Å². The second-order valence-electron chi connectivity index (χ2n) is 6.85. The van der Waals surface area contributed by atoms with Gasteiger partial charge in [-0.2, -0.15) is 0 Å². The van der Waals surface area contributed by atoms with Crippen LogP contribution in [-0.2, 0) is 9.59 Å². The molecule has 1 aliphatic heterocycles. The van der Waals surface area contributed by atoms with E-state index in [9.17, 15) is 9.59 Å². The Kier molecular flexibility index (Phi) is 6.22. The normalized spacial score (nSPS) is 14.0. The Balaban J connectivity index is 2.03. The van der Waals surface area contributed by atoms with Crippen LogP contribution in [0.2, 0.25) is 0 Å². The number of imide groups is 1. The molecule has 1 heterocycles. The number of likely N-dealkylation sites (N-methyl/N-ethyl adjacent to an activating group) is 1. The molecule has 2 aromatic carbocycles. The minimum Gasteiger partial charge on any atom is -0.492 e. The second-order valence-corrected chi connectivity index (χ2v) is 6.85. The Morgan fingerprint density at radius 3 is 2.28 bits per heavy atom. The summed E-state index contributed by atoms with van der Waals surface area (Å²) in [5.74, 6) is 0.676. The Hall–Kier alpha value is -3.28. The first kappa shape index (κ1) is 20.5. The first-order valence-electron chi connectivity index (χ1n) is 9.82. The number of rotatable bonds is 8. The zero-order chi connectivity index (χ0) is 21.0. The first-order valence-corrected chi connectivity index (χ1v) is 9.82. The summed E-state index contributed by atoms with van der Waals surface area (Å²) in [7, 11) is 0. The van der Waals surface area contributed by atoms with Gasteiger partial charge in [0.05, 0.1) is 24.0 Å². The third-order valence-electron chi connectivity index (χ3n) is 4.45. The SMILES string of the molecule is CCOc1ccccc1NC1=C(c2ccc(OC(C)C)cc2)C(=O)N(CC)C1=O. The Morgan fingerprint density at radius 2 is 1.66 bits per heavy atom. The zero-order valence-electron chi connectivity index (χ0n) is 17.2. The number of amides is 2. The van der Waals surface area contributed by atoms with Gasteiger partial charge in [0.1, 0.15) is 17.2 Å². The number of nitrogens with zero attached hydrogens (tertiary/aromatic N) is 1. The van der Waals surface area contributed by atoms with Gasteiger partial charge in [-0.1, -0.05) is 24.3 Å². The van der Waals surface area contributed by atoms with Gasteiger partial charge in [-0.25, -0.2) is 0 Å². The summed E-state index contributed by atoms with van der Waals surface area (Å²) in [5.41, 5.74) is 1.90. The van der Waals surface area contributed by atoms with E-state index in [1.807, 2.05) is 45.0 Å². The molecule has 0 aliphatic carbocycles. The van der Waals surface area contributed by atoms with Crippen LogP contribution >= 0.6 is 0 Å². The van der Waals surface area contributed by atoms with Crippen molar-refractivity contribution in [3.63, 3.8) is 0 Å². The van der Waals surface area contributed by atoms with Crippen molar-refractivity contribution in [1.82, 2.24) is 4.90 Å². The molecule has 0 aromatic heterocycles. The highest BCUT2D eigenvalue weighted by Gasteiger charge is 2.38. The van der Waals surface area contributed by atoms with Crippen LogP contribution in [0.3, 0.4) is 0 Å². The lowest BCUT2D eigenvalue weighted by Crippen LogP contribution is -2.32. The summed E-state index contributed by atoms with van der Waals surface area (Å²) in [5, 5.41) is 3.15. The van der Waals surface area contributed by atoms with Crippen LogP contribution in [0.4, 0.5) is 5.69 Å². The average molecular weight is 394 g/mol. The van der Waals surface area contributed by atoms with Gasteiger partial charge in [0.2, 0.25) is 0 Å². The van der Waals surface area contributed by atoms with Gasteiger partial charge >= 0.3 is 0 Å². The smallest absolute Gasteiger partial charge is 0.278 e. The van der Waals surface area contributed by atoms with Crippen LogP contribution in [0.1, 0.15) is 33.3 Å². The highest BCUT2D eigenvalue weighted by molar-refractivity contribution is 6.36. The maximum atomic E-state index is 13.0.